The Balaban J connectivity index is 2.11. The lowest BCUT2D eigenvalue weighted by atomic mass is 10.1. The van der Waals surface area contributed by atoms with Gasteiger partial charge < -0.3 is 9.88 Å². The fraction of sp³-hybridized carbons (Fsp3) is 0.706. The maximum atomic E-state index is 12.1. The number of carbonyl (C=O) groups is 1. The number of aromatic nitrogens is 1. The zero-order valence-corrected chi connectivity index (χ0v) is 15.0. The van der Waals surface area contributed by atoms with E-state index in [1.807, 2.05) is 23.8 Å². The van der Waals surface area contributed by atoms with Crippen molar-refractivity contribution in [3.05, 3.63) is 22.4 Å². The van der Waals surface area contributed by atoms with E-state index < -0.39 is 0 Å². The molecule has 0 aliphatic heterocycles. The maximum Gasteiger partial charge on any atom is 0.267 e. The van der Waals surface area contributed by atoms with Gasteiger partial charge in [-0.2, -0.15) is 0 Å². The van der Waals surface area contributed by atoms with Gasteiger partial charge in [-0.05, 0) is 35.3 Å². The second-order valence-electron chi connectivity index (χ2n) is 5.56. The average Bonchev–Trinajstić information content (AvgIpc) is 2.86. The fourth-order valence-corrected chi connectivity index (χ4v) is 2.94. The topological polar surface area (TPSA) is 34.0 Å². The molecule has 0 unspecified atom stereocenters. The van der Waals surface area contributed by atoms with Crippen molar-refractivity contribution in [3.63, 3.8) is 0 Å². The largest absolute Gasteiger partial charge is 0.351 e. The first kappa shape index (κ1) is 18.3. The lowest BCUT2D eigenvalue weighted by Crippen LogP contribution is -2.26. The van der Waals surface area contributed by atoms with Crippen molar-refractivity contribution in [1.29, 1.82) is 0 Å². The van der Waals surface area contributed by atoms with Gasteiger partial charge in [-0.15, -0.1) is 0 Å². The Bertz CT molecular complexity index is 415. The van der Waals surface area contributed by atoms with Gasteiger partial charge in [0.05, 0.1) is 0 Å². The smallest absolute Gasteiger partial charge is 0.267 e. The summed E-state index contributed by atoms with van der Waals surface area (Å²) in [6.45, 7) is 5.88. The Morgan fingerprint density at radius 3 is 2.33 bits per heavy atom. The van der Waals surface area contributed by atoms with Gasteiger partial charge in [0.1, 0.15) is 5.69 Å². The van der Waals surface area contributed by atoms with Crippen LogP contribution in [0.4, 0.5) is 0 Å². The van der Waals surface area contributed by atoms with Gasteiger partial charge in [-0.3, -0.25) is 4.79 Å². The molecule has 1 N–H and O–H groups in total. The van der Waals surface area contributed by atoms with E-state index in [0.717, 1.165) is 29.7 Å². The van der Waals surface area contributed by atoms with Crippen molar-refractivity contribution in [3.8, 4) is 0 Å². The van der Waals surface area contributed by atoms with E-state index in [9.17, 15) is 4.79 Å². The third-order valence-electron chi connectivity index (χ3n) is 3.75. The van der Waals surface area contributed by atoms with Crippen LogP contribution in [0.25, 0.3) is 0 Å². The number of carbonyl (C=O) groups excluding carboxylic acids is 1. The number of halogens is 1. The van der Waals surface area contributed by atoms with Crippen LogP contribution in [0.1, 0.15) is 75.7 Å². The van der Waals surface area contributed by atoms with Crippen LogP contribution in [0.5, 0.6) is 0 Å². The minimum atomic E-state index is 0.0329. The number of aryl methyl sites for hydroxylation is 1. The van der Waals surface area contributed by atoms with Crippen LogP contribution in [-0.4, -0.2) is 17.0 Å². The maximum absolute atomic E-state index is 12.1. The first-order valence-corrected chi connectivity index (χ1v) is 9.12. The van der Waals surface area contributed by atoms with Gasteiger partial charge in [0.25, 0.3) is 5.91 Å². The molecule has 0 aromatic carbocycles. The highest BCUT2D eigenvalue weighted by atomic mass is 79.9. The van der Waals surface area contributed by atoms with E-state index in [0.29, 0.717) is 0 Å². The number of nitrogens with zero attached hydrogens (tertiary/aromatic N) is 1. The predicted molar refractivity (Wildman–Crippen MR) is 92.7 cm³/mol. The third kappa shape index (κ3) is 7.16. The first-order valence-electron chi connectivity index (χ1n) is 8.32. The number of unbranched alkanes of at least 4 members (excludes halogenated alkanes) is 7. The standard InChI is InChI=1S/C17H29BrN2O/c1-3-5-6-7-8-9-10-11-12-19-17(21)16-13-15(18)14-20(16)4-2/h13-14H,3-12H2,1-2H3,(H,19,21). The van der Waals surface area contributed by atoms with Gasteiger partial charge >= 0.3 is 0 Å². The number of hydrogen-bond donors (Lipinski definition) is 1. The molecule has 1 rings (SSSR count). The normalized spacial score (nSPS) is 10.8. The zero-order valence-electron chi connectivity index (χ0n) is 13.5. The van der Waals surface area contributed by atoms with Crippen LogP contribution in [0, 0.1) is 0 Å². The molecule has 0 saturated carbocycles. The summed E-state index contributed by atoms with van der Waals surface area (Å²) in [5.74, 6) is 0.0329. The van der Waals surface area contributed by atoms with Crippen molar-refractivity contribution in [2.45, 2.75) is 71.8 Å². The Labute approximate surface area is 137 Å². The third-order valence-corrected chi connectivity index (χ3v) is 4.19. The number of rotatable bonds is 11. The van der Waals surface area contributed by atoms with Gasteiger partial charge in [0.15, 0.2) is 0 Å². The van der Waals surface area contributed by atoms with Crippen molar-refractivity contribution < 1.29 is 4.79 Å². The van der Waals surface area contributed by atoms with E-state index in [-0.39, 0.29) is 5.91 Å². The van der Waals surface area contributed by atoms with Crippen LogP contribution >= 0.6 is 15.9 Å². The summed E-state index contributed by atoms with van der Waals surface area (Å²) in [6.07, 6.45) is 12.3. The highest BCUT2D eigenvalue weighted by Gasteiger charge is 2.11. The predicted octanol–water partition coefficient (Wildman–Crippen LogP) is 5.14. The van der Waals surface area contributed by atoms with Crippen molar-refractivity contribution in [2.75, 3.05) is 6.54 Å². The average molecular weight is 357 g/mol. The summed E-state index contributed by atoms with van der Waals surface area (Å²) in [7, 11) is 0. The molecule has 0 saturated heterocycles. The highest BCUT2D eigenvalue weighted by molar-refractivity contribution is 9.10. The van der Waals surface area contributed by atoms with Crippen molar-refractivity contribution in [2.24, 2.45) is 0 Å². The summed E-state index contributed by atoms with van der Waals surface area (Å²) in [6, 6.07) is 1.88. The molecule has 1 aromatic heterocycles. The second-order valence-corrected chi connectivity index (χ2v) is 6.48. The van der Waals surface area contributed by atoms with Crippen molar-refractivity contribution >= 4 is 21.8 Å². The van der Waals surface area contributed by atoms with Gasteiger partial charge in [0, 0.05) is 23.8 Å². The molecular formula is C17H29BrN2O. The van der Waals surface area contributed by atoms with Crippen LogP contribution in [-0.2, 0) is 6.54 Å². The molecule has 1 heterocycles. The lowest BCUT2D eigenvalue weighted by Gasteiger charge is -2.07. The van der Waals surface area contributed by atoms with Gasteiger partial charge in [-0.1, -0.05) is 51.9 Å². The van der Waals surface area contributed by atoms with Crippen LogP contribution in [0.2, 0.25) is 0 Å². The Morgan fingerprint density at radius 2 is 1.71 bits per heavy atom. The number of nitrogens with one attached hydrogen (secondary N) is 1. The van der Waals surface area contributed by atoms with E-state index in [4.69, 9.17) is 0 Å². The number of amides is 1. The number of hydrogen-bond acceptors (Lipinski definition) is 1. The van der Waals surface area contributed by atoms with Crippen LogP contribution in [0.15, 0.2) is 16.7 Å². The lowest BCUT2D eigenvalue weighted by molar-refractivity contribution is 0.0944. The molecule has 3 nitrogen and oxygen atoms in total. The Hall–Kier alpha value is -0.770. The molecule has 1 aromatic rings. The summed E-state index contributed by atoms with van der Waals surface area (Å²) < 4.78 is 2.93. The molecule has 0 radical (unpaired) electrons. The Morgan fingerprint density at radius 1 is 1.10 bits per heavy atom. The molecule has 4 heteroatoms. The van der Waals surface area contributed by atoms with E-state index in [2.05, 4.69) is 28.2 Å². The molecule has 0 fully saturated rings. The molecule has 120 valence electrons. The summed E-state index contributed by atoms with van der Waals surface area (Å²) in [5.41, 5.74) is 0.740. The van der Waals surface area contributed by atoms with Crippen LogP contribution < -0.4 is 5.32 Å². The minimum Gasteiger partial charge on any atom is -0.351 e. The quantitative estimate of drug-likeness (QED) is 0.547. The van der Waals surface area contributed by atoms with Crippen molar-refractivity contribution in [1.82, 2.24) is 9.88 Å². The van der Waals surface area contributed by atoms with Gasteiger partial charge in [-0.25, -0.2) is 0 Å². The Kier molecular flexibility index (Phi) is 9.48. The minimum absolute atomic E-state index is 0.0329. The van der Waals surface area contributed by atoms with Crippen LogP contribution in [0.3, 0.4) is 0 Å². The SMILES string of the molecule is CCCCCCCCCCNC(=O)c1cc(Br)cn1CC. The fourth-order valence-electron chi connectivity index (χ4n) is 2.48. The van der Waals surface area contributed by atoms with E-state index in [1.165, 1.54) is 44.9 Å². The summed E-state index contributed by atoms with van der Waals surface area (Å²) >= 11 is 3.42. The summed E-state index contributed by atoms with van der Waals surface area (Å²) in [5, 5.41) is 3.02. The van der Waals surface area contributed by atoms with E-state index in [1.54, 1.807) is 0 Å². The monoisotopic (exact) mass is 356 g/mol. The first-order chi connectivity index (χ1) is 10.2. The van der Waals surface area contributed by atoms with Gasteiger partial charge in [0.2, 0.25) is 0 Å². The highest BCUT2D eigenvalue weighted by Crippen LogP contribution is 2.15. The molecule has 1 amide bonds. The molecule has 0 atom stereocenters. The molecule has 0 bridgehead atoms. The second kappa shape index (κ2) is 10.9. The summed E-state index contributed by atoms with van der Waals surface area (Å²) in [4.78, 5) is 12.1. The van der Waals surface area contributed by atoms with E-state index >= 15 is 0 Å². The zero-order chi connectivity index (χ0) is 15.5. The molecule has 21 heavy (non-hydrogen) atoms. The molecule has 0 aliphatic carbocycles. The molecular weight excluding hydrogens is 328 g/mol. The molecule has 0 spiro atoms. The molecule has 0 aliphatic rings.